The van der Waals surface area contributed by atoms with Crippen LogP contribution < -0.4 is 10.8 Å². The number of hydroxylamine groups is 3. The Kier molecular flexibility index (Phi) is 4.98. The van der Waals surface area contributed by atoms with Gasteiger partial charge >= 0.3 is 16.4 Å². The number of carbonyl (C=O) groups excluding carboxylic acids is 2. The molecule has 27 heavy (non-hydrogen) atoms. The number of hydrogen-bond donors (Lipinski definition) is 3. The monoisotopic (exact) mass is 405 g/mol. The van der Waals surface area contributed by atoms with E-state index in [-0.39, 0.29) is 18.7 Å². The van der Waals surface area contributed by atoms with Crippen LogP contribution in [0.15, 0.2) is 0 Å². The third kappa shape index (κ3) is 3.75. The van der Waals surface area contributed by atoms with Crippen molar-refractivity contribution in [1.29, 1.82) is 0 Å². The van der Waals surface area contributed by atoms with E-state index in [2.05, 4.69) is 20.0 Å². The van der Waals surface area contributed by atoms with Crippen LogP contribution in [0.1, 0.15) is 19.3 Å². The maximum Gasteiger partial charge on any atom is 0.418 e. The van der Waals surface area contributed by atoms with Crippen molar-refractivity contribution in [2.24, 2.45) is 0 Å². The lowest BCUT2D eigenvalue weighted by molar-refractivity contribution is -0.145. The van der Waals surface area contributed by atoms with E-state index in [1.54, 1.807) is 0 Å². The molecule has 0 radical (unpaired) electrons. The summed E-state index contributed by atoms with van der Waals surface area (Å²) in [6.07, 6.45) is 1.42. The molecule has 0 aromatic rings. The van der Waals surface area contributed by atoms with Gasteiger partial charge in [0, 0.05) is 32.7 Å². The van der Waals surface area contributed by atoms with E-state index in [0.717, 1.165) is 32.6 Å². The lowest BCUT2D eigenvalue weighted by Gasteiger charge is -2.33. The summed E-state index contributed by atoms with van der Waals surface area (Å²) in [6, 6.07) is -1.85. The number of fused-ring (bicyclic) bond motifs is 3. The van der Waals surface area contributed by atoms with Crippen molar-refractivity contribution in [3.8, 4) is 0 Å². The Morgan fingerprint density at radius 3 is 2.85 bits per heavy atom. The summed E-state index contributed by atoms with van der Waals surface area (Å²) in [7, 11) is -4.81. The smallest absolute Gasteiger partial charge is 0.314 e. The number of carbonyl (C=O) groups is 2. The molecule has 0 aromatic heterocycles. The average Bonchev–Trinajstić information content (AvgIpc) is 3.14. The van der Waals surface area contributed by atoms with E-state index in [4.69, 9.17) is 9.39 Å². The Morgan fingerprint density at radius 1 is 1.26 bits per heavy atom. The van der Waals surface area contributed by atoms with Crippen LogP contribution >= 0.6 is 0 Å². The highest BCUT2D eigenvalue weighted by Gasteiger charge is 2.49. The predicted octanol–water partition coefficient (Wildman–Crippen LogP) is -1.92. The van der Waals surface area contributed by atoms with Crippen molar-refractivity contribution in [3.63, 3.8) is 0 Å². The predicted molar refractivity (Wildman–Crippen MR) is 89.2 cm³/mol. The number of nitrogens with zero attached hydrogens (tertiary/aromatic N) is 3. The third-order valence-corrected chi connectivity index (χ3v) is 5.99. The van der Waals surface area contributed by atoms with Crippen molar-refractivity contribution in [3.05, 3.63) is 0 Å². The summed E-state index contributed by atoms with van der Waals surface area (Å²) in [5, 5.41) is 3.93. The fraction of sp³-hybridized carbons (Fsp3) is 0.857. The van der Waals surface area contributed by atoms with E-state index in [9.17, 15) is 18.0 Å². The second-order valence-electron chi connectivity index (χ2n) is 7.23. The van der Waals surface area contributed by atoms with Crippen LogP contribution in [0.5, 0.6) is 0 Å². The van der Waals surface area contributed by atoms with Gasteiger partial charge in [0.25, 0.3) is 5.91 Å². The molecule has 2 bridgehead atoms. The van der Waals surface area contributed by atoms with Gasteiger partial charge in [0.15, 0.2) is 0 Å². The lowest BCUT2D eigenvalue weighted by atomic mass is 10.0. The Hall–Kier alpha value is -1.51. The van der Waals surface area contributed by atoms with Crippen LogP contribution in [0.4, 0.5) is 4.79 Å². The molecule has 0 aromatic carbocycles. The first-order chi connectivity index (χ1) is 12.8. The topological polar surface area (TPSA) is 141 Å². The number of piperidine rings is 1. The van der Waals surface area contributed by atoms with Crippen molar-refractivity contribution in [1.82, 2.24) is 25.7 Å². The lowest BCUT2D eigenvalue weighted by Crippen LogP contribution is -2.54. The molecule has 4 rings (SSSR count). The average molecular weight is 405 g/mol. The molecule has 4 aliphatic heterocycles. The number of piperazine rings is 1. The molecule has 4 aliphatic rings. The fourth-order valence-electron chi connectivity index (χ4n) is 4.34. The minimum absolute atomic E-state index is 0.119. The summed E-state index contributed by atoms with van der Waals surface area (Å²) < 4.78 is 35.0. The summed E-state index contributed by atoms with van der Waals surface area (Å²) in [6.45, 7) is 3.77. The van der Waals surface area contributed by atoms with Crippen LogP contribution in [0.2, 0.25) is 0 Å². The zero-order valence-electron chi connectivity index (χ0n) is 14.6. The van der Waals surface area contributed by atoms with Gasteiger partial charge in [0.2, 0.25) is 0 Å². The zero-order chi connectivity index (χ0) is 19.2. The van der Waals surface area contributed by atoms with Crippen LogP contribution in [0.25, 0.3) is 0 Å². The largest absolute Gasteiger partial charge is 0.418 e. The quantitative estimate of drug-likeness (QED) is 0.353. The minimum Gasteiger partial charge on any atom is -0.314 e. The molecular formula is C14H23N5O7S. The SMILES string of the molecule is O=C(NOC1CCN2CCNCC12)C1CCC2CN1C(=O)N2OS(=O)(=O)O. The number of urea groups is 1. The van der Waals surface area contributed by atoms with Gasteiger partial charge in [-0.2, -0.15) is 13.5 Å². The Morgan fingerprint density at radius 2 is 2.07 bits per heavy atom. The van der Waals surface area contributed by atoms with Gasteiger partial charge in [0.1, 0.15) is 12.1 Å². The number of hydrogen-bond acceptors (Lipinski definition) is 8. The van der Waals surface area contributed by atoms with E-state index in [1.165, 1.54) is 4.90 Å². The highest BCUT2D eigenvalue weighted by molar-refractivity contribution is 7.80. The van der Waals surface area contributed by atoms with E-state index >= 15 is 0 Å². The van der Waals surface area contributed by atoms with Crippen LogP contribution in [-0.4, -0.2) is 96.7 Å². The first-order valence-corrected chi connectivity index (χ1v) is 10.4. The van der Waals surface area contributed by atoms with E-state index in [0.29, 0.717) is 17.9 Å². The zero-order valence-corrected chi connectivity index (χ0v) is 15.4. The Balaban J connectivity index is 1.34. The molecule has 0 spiro atoms. The number of nitrogens with one attached hydrogen (secondary N) is 2. The van der Waals surface area contributed by atoms with Gasteiger partial charge in [-0.05, 0) is 19.3 Å². The molecule has 4 heterocycles. The minimum atomic E-state index is -4.81. The highest BCUT2D eigenvalue weighted by Crippen LogP contribution is 2.31. The molecule has 4 atom stereocenters. The number of amides is 3. The highest BCUT2D eigenvalue weighted by atomic mass is 32.3. The summed E-state index contributed by atoms with van der Waals surface area (Å²) in [5.74, 6) is -0.447. The molecule has 152 valence electrons. The van der Waals surface area contributed by atoms with Gasteiger partial charge in [0.05, 0.1) is 12.1 Å². The van der Waals surface area contributed by atoms with Gasteiger partial charge in [-0.15, -0.1) is 4.28 Å². The molecule has 3 N–H and O–H groups in total. The van der Waals surface area contributed by atoms with Gasteiger partial charge in [-0.1, -0.05) is 0 Å². The van der Waals surface area contributed by atoms with E-state index < -0.39 is 34.4 Å². The molecule has 13 heteroatoms. The molecule has 3 amide bonds. The van der Waals surface area contributed by atoms with Gasteiger partial charge in [-0.3, -0.25) is 19.1 Å². The van der Waals surface area contributed by atoms with Gasteiger partial charge < -0.3 is 10.2 Å². The van der Waals surface area contributed by atoms with E-state index in [1.807, 2.05) is 0 Å². The van der Waals surface area contributed by atoms with Crippen LogP contribution in [0.3, 0.4) is 0 Å². The second-order valence-corrected chi connectivity index (χ2v) is 8.23. The first kappa shape index (κ1) is 18.8. The summed E-state index contributed by atoms with van der Waals surface area (Å²) >= 11 is 0. The van der Waals surface area contributed by atoms with Crippen molar-refractivity contribution in [2.45, 2.75) is 43.5 Å². The molecule has 4 saturated heterocycles. The first-order valence-electron chi connectivity index (χ1n) is 9.00. The van der Waals surface area contributed by atoms with Crippen LogP contribution in [0, 0.1) is 0 Å². The maximum absolute atomic E-state index is 12.6. The summed E-state index contributed by atoms with van der Waals surface area (Å²) in [5.41, 5.74) is 2.48. The second kappa shape index (κ2) is 7.14. The summed E-state index contributed by atoms with van der Waals surface area (Å²) in [4.78, 5) is 34.1. The third-order valence-electron chi connectivity index (χ3n) is 5.64. The number of rotatable bonds is 5. The Bertz CT molecular complexity index is 719. The molecule has 4 fully saturated rings. The molecule has 4 unspecified atom stereocenters. The standard InChI is InChI=1S/C14H23N5O7S/c20-13(16-25-12-3-5-17-6-4-15-7-11(12)17)10-2-1-9-8-18(10)14(21)19(9)26-27(22,23)24/h9-12,15H,1-8H2,(H,16,20)(H,22,23,24). The van der Waals surface area contributed by atoms with Crippen molar-refractivity contribution < 1.29 is 31.7 Å². The van der Waals surface area contributed by atoms with Crippen molar-refractivity contribution >= 4 is 22.3 Å². The molecule has 0 aliphatic carbocycles. The fourth-order valence-corrected chi connectivity index (χ4v) is 4.73. The van der Waals surface area contributed by atoms with Crippen LogP contribution in [-0.2, 0) is 24.3 Å². The Labute approximate surface area is 156 Å². The molecular weight excluding hydrogens is 382 g/mol. The normalized spacial score (nSPS) is 34.0. The van der Waals surface area contributed by atoms with Gasteiger partial charge in [-0.25, -0.2) is 10.3 Å². The molecule has 0 saturated carbocycles. The maximum atomic E-state index is 12.6. The molecule has 12 nitrogen and oxygen atoms in total. The van der Waals surface area contributed by atoms with Crippen molar-refractivity contribution in [2.75, 3.05) is 32.7 Å².